The number of oxime groups is 1. The Bertz CT molecular complexity index is 1030. The van der Waals surface area contributed by atoms with Crippen molar-refractivity contribution in [3.05, 3.63) is 57.6 Å². The molecule has 1 amide bonds. The number of amides is 1. The van der Waals surface area contributed by atoms with E-state index in [-0.39, 0.29) is 24.7 Å². The minimum absolute atomic E-state index is 0.0621. The fourth-order valence-electron chi connectivity index (χ4n) is 3.58. The molecule has 2 unspecified atom stereocenters. The van der Waals surface area contributed by atoms with Crippen LogP contribution in [0.1, 0.15) is 40.7 Å². The van der Waals surface area contributed by atoms with Crippen LogP contribution in [0.2, 0.25) is 0 Å². The van der Waals surface area contributed by atoms with Crippen molar-refractivity contribution >= 4 is 41.1 Å². The molecule has 0 saturated heterocycles. The summed E-state index contributed by atoms with van der Waals surface area (Å²) in [6, 6.07) is 0.635. The lowest BCUT2D eigenvalue weighted by Crippen LogP contribution is -2.36. The van der Waals surface area contributed by atoms with E-state index in [9.17, 15) is 35.9 Å². The SMILES string of the molecule is CO/N=C(\CN(C)C(=O)c1cc(C(F)(F)F)cc(C(F)(F)F)c1)C(CC=O)C1=CCCC(Cl)C(Cl)=C1. The van der Waals surface area contributed by atoms with E-state index in [1.807, 2.05) is 0 Å². The highest BCUT2D eigenvalue weighted by Crippen LogP contribution is 2.36. The monoisotopic (exact) mass is 558 g/mol. The molecule has 1 aromatic carbocycles. The summed E-state index contributed by atoms with van der Waals surface area (Å²) in [5.41, 5.74) is -3.35. The van der Waals surface area contributed by atoms with Crippen LogP contribution in [0.5, 0.6) is 0 Å². The van der Waals surface area contributed by atoms with Crippen molar-refractivity contribution < 1.29 is 40.8 Å². The lowest BCUT2D eigenvalue weighted by atomic mass is 9.89. The number of aldehydes is 1. The molecule has 0 radical (unpaired) electrons. The molecule has 0 spiro atoms. The molecule has 0 aliphatic heterocycles. The zero-order valence-corrected chi connectivity index (χ0v) is 20.6. The molecule has 1 aliphatic carbocycles. The molecule has 0 saturated carbocycles. The number of nitrogens with zero attached hydrogens (tertiary/aromatic N) is 2. The predicted molar refractivity (Wildman–Crippen MR) is 123 cm³/mol. The normalized spacial score (nSPS) is 18.1. The van der Waals surface area contributed by atoms with Crippen LogP contribution < -0.4 is 0 Å². The number of carbonyl (C=O) groups excluding carboxylic acids is 2. The highest BCUT2D eigenvalue weighted by atomic mass is 35.5. The van der Waals surface area contributed by atoms with E-state index < -0.39 is 46.2 Å². The van der Waals surface area contributed by atoms with Crippen molar-refractivity contribution in [2.45, 2.75) is 37.0 Å². The number of carbonyl (C=O) groups is 2. The van der Waals surface area contributed by atoms with Gasteiger partial charge in [-0.2, -0.15) is 26.3 Å². The van der Waals surface area contributed by atoms with Gasteiger partial charge in [0.05, 0.1) is 28.8 Å². The van der Waals surface area contributed by atoms with Crippen LogP contribution in [-0.2, 0) is 22.0 Å². The zero-order valence-electron chi connectivity index (χ0n) is 19.1. The Balaban J connectivity index is 2.44. The lowest BCUT2D eigenvalue weighted by molar-refractivity contribution is -0.143. The number of halogens is 8. The highest BCUT2D eigenvalue weighted by Gasteiger charge is 2.38. The molecule has 198 valence electrons. The van der Waals surface area contributed by atoms with E-state index in [1.54, 1.807) is 12.2 Å². The van der Waals surface area contributed by atoms with Crippen molar-refractivity contribution in [1.29, 1.82) is 0 Å². The third-order valence-corrected chi connectivity index (χ3v) is 6.27. The van der Waals surface area contributed by atoms with Gasteiger partial charge in [-0.05, 0) is 42.7 Å². The maximum absolute atomic E-state index is 13.2. The van der Waals surface area contributed by atoms with Gasteiger partial charge < -0.3 is 14.5 Å². The Morgan fingerprint density at radius 3 is 2.28 bits per heavy atom. The molecular formula is C23H22Cl2F6N2O3. The number of alkyl halides is 7. The van der Waals surface area contributed by atoms with Crippen molar-refractivity contribution in [2.24, 2.45) is 11.1 Å². The highest BCUT2D eigenvalue weighted by molar-refractivity contribution is 6.37. The number of benzene rings is 1. The fourth-order valence-corrected chi connectivity index (χ4v) is 4.00. The molecule has 0 bridgehead atoms. The summed E-state index contributed by atoms with van der Waals surface area (Å²) in [7, 11) is 2.39. The molecular weight excluding hydrogens is 537 g/mol. The topological polar surface area (TPSA) is 59.0 Å². The average molecular weight is 559 g/mol. The Kier molecular flexibility index (Phi) is 10.0. The van der Waals surface area contributed by atoms with Crippen molar-refractivity contribution in [1.82, 2.24) is 4.90 Å². The molecule has 1 aromatic rings. The smallest absolute Gasteiger partial charge is 0.399 e. The minimum Gasteiger partial charge on any atom is -0.399 e. The summed E-state index contributed by atoms with van der Waals surface area (Å²) < 4.78 is 79.2. The van der Waals surface area contributed by atoms with Crippen LogP contribution in [-0.4, -0.2) is 48.9 Å². The van der Waals surface area contributed by atoms with E-state index in [2.05, 4.69) is 5.16 Å². The maximum atomic E-state index is 13.2. The van der Waals surface area contributed by atoms with Gasteiger partial charge in [-0.25, -0.2) is 0 Å². The minimum atomic E-state index is -5.11. The number of hydrogen-bond donors (Lipinski definition) is 0. The predicted octanol–water partition coefficient (Wildman–Crippen LogP) is 6.45. The summed E-state index contributed by atoms with van der Waals surface area (Å²) in [5.74, 6) is -1.86. The van der Waals surface area contributed by atoms with Gasteiger partial charge in [-0.3, -0.25) is 4.79 Å². The molecule has 1 aliphatic rings. The molecule has 5 nitrogen and oxygen atoms in total. The second kappa shape index (κ2) is 12.1. The fraction of sp³-hybridized carbons (Fsp3) is 0.435. The van der Waals surface area contributed by atoms with Gasteiger partial charge in [0.2, 0.25) is 0 Å². The Morgan fingerprint density at radius 1 is 1.19 bits per heavy atom. The summed E-state index contributed by atoms with van der Waals surface area (Å²) >= 11 is 12.4. The van der Waals surface area contributed by atoms with Gasteiger partial charge in [0.15, 0.2) is 0 Å². The van der Waals surface area contributed by atoms with E-state index >= 15 is 0 Å². The third-order valence-electron chi connectivity index (χ3n) is 5.33. The largest absolute Gasteiger partial charge is 0.416 e. The molecule has 0 aromatic heterocycles. The molecule has 36 heavy (non-hydrogen) atoms. The van der Waals surface area contributed by atoms with Gasteiger partial charge in [-0.15, -0.1) is 11.6 Å². The molecule has 0 heterocycles. The Morgan fingerprint density at radius 2 is 1.78 bits per heavy atom. The second-order valence-corrected chi connectivity index (χ2v) is 8.92. The van der Waals surface area contributed by atoms with Crippen molar-refractivity contribution in [2.75, 3.05) is 20.7 Å². The Labute approximate surface area is 213 Å². The molecule has 0 N–H and O–H groups in total. The zero-order chi connectivity index (χ0) is 27.3. The first kappa shape index (κ1) is 29.7. The lowest BCUT2D eigenvalue weighted by Gasteiger charge is -2.24. The van der Waals surface area contributed by atoms with Crippen LogP contribution >= 0.6 is 23.2 Å². The van der Waals surface area contributed by atoms with Gasteiger partial charge in [0, 0.05) is 30.0 Å². The first-order chi connectivity index (χ1) is 16.7. The molecule has 2 atom stereocenters. The van der Waals surface area contributed by atoms with Crippen molar-refractivity contribution in [3.8, 4) is 0 Å². The molecule has 13 heteroatoms. The average Bonchev–Trinajstić information content (AvgIpc) is 2.95. The number of allylic oxidation sites excluding steroid dienone is 4. The van der Waals surface area contributed by atoms with Crippen molar-refractivity contribution in [3.63, 3.8) is 0 Å². The van der Waals surface area contributed by atoms with Crippen LogP contribution in [0.15, 0.2) is 46.1 Å². The summed E-state index contributed by atoms with van der Waals surface area (Å²) in [4.78, 5) is 30.0. The summed E-state index contributed by atoms with van der Waals surface area (Å²) in [6.45, 7) is -0.365. The van der Waals surface area contributed by atoms with E-state index in [4.69, 9.17) is 28.0 Å². The first-order valence-electron chi connectivity index (χ1n) is 10.5. The quantitative estimate of drug-likeness (QED) is 0.121. The van der Waals surface area contributed by atoms with Crippen LogP contribution in [0, 0.1) is 5.92 Å². The van der Waals surface area contributed by atoms with E-state index in [0.29, 0.717) is 41.9 Å². The van der Waals surface area contributed by atoms with Crippen LogP contribution in [0.25, 0.3) is 0 Å². The second-order valence-electron chi connectivity index (χ2n) is 7.95. The molecule has 0 fully saturated rings. The van der Waals surface area contributed by atoms with Crippen LogP contribution in [0.3, 0.4) is 0 Å². The van der Waals surface area contributed by atoms with Gasteiger partial charge in [0.25, 0.3) is 5.91 Å². The maximum Gasteiger partial charge on any atom is 0.416 e. The number of hydrogen-bond acceptors (Lipinski definition) is 4. The van der Waals surface area contributed by atoms with Crippen LogP contribution in [0.4, 0.5) is 26.3 Å². The van der Waals surface area contributed by atoms with Gasteiger partial charge in [-0.1, -0.05) is 22.8 Å². The summed E-state index contributed by atoms with van der Waals surface area (Å²) in [6.07, 6.45) is -5.32. The Hall–Kier alpha value is -2.53. The first-order valence-corrected chi connectivity index (χ1v) is 11.3. The number of rotatable bonds is 8. The van der Waals surface area contributed by atoms with E-state index in [1.165, 1.54) is 14.2 Å². The summed E-state index contributed by atoms with van der Waals surface area (Å²) in [5, 5.41) is 3.75. The molecule has 2 rings (SSSR count). The third kappa shape index (κ3) is 7.73. The van der Waals surface area contributed by atoms with Gasteiger partial charge in [0.1, 0.15) is 13.4 Å². The standard InChI is InChI=1S/C23H22Cl2F6N2O3/c1-33(21(35)14-8-15(22(26,27)28)11-16(9-14)23(29,30)31)12-20(32-36-2)17(6-7-34)13-4-3-5-18(24)19(25)10-13/h4,7-11,17-18H,3,5-6,12H2,1-2H3/b32-20+. The van der Waals surface area contributed by atoms with E-state index in [0.717, 1.165) is 4.90 Å². The van der Waals surface area contributed by atoms with Gasteiger partial charge >= 0.3 is 12.4 Å².